The van der Waals surface area contributed by atoms with Gasteiger partial charge < -0.3 is 13.7 Å². The van der Waals surface area contributed by atoms with Crippen LogP contribution in [0.4, 0.5) is 0 Å². The van der Waals surface area contributed by atoms with Gasteiger partial charge >= 0.3 is 10.1 Å². The fraction of sp³-hybridized carbons (Fsp3) is 0.143. The summed E-state index contributed by atoms with van der Waals surface area (Å²) in [6.45, 7) is 0. The van der Waals surface area contributed by atoms with E-state index < -0.39 is 10.1 Å². The van der Waals surface area contributed by atoms with Gasteiger partial charge in [0.15, 0.2) is 11.5 Å². The summed E-state index contributed by atoms with van der Waals surface area (Å²) in [7, 11) is -1.15. The first kappa shape index (κ1) is 14.2. The molecular formula is C14H14O5S. The molecular weight excluding hydrogens is 280 g/mol. The van der Waals surface area contributed by atoms with Crippen LogP contribution in [0.15, 0.2) is 53.4 Å². The van der Waals surface area contributed by atoms with Crippen LogP contribution in [0.1, 0.15) is 0 Å². The van der Waals surface area contributed by atoms with E-state index in [1.165, 1.54) is 26.4 Å². The molecule has 0 atom stereocenters. The third-order valence-corrected chi connectivity index (χ3v) is 3.88. The molecule has 2 aromatic rings. The van der Waals surface area contributed by atoms with Gasteiger partial charge in [-0.25, -0.2) is 0 Å². The van der Waals surface area contributed by atoms with Crippen LogP contribution in [0.2, 0.25) is 0 Å². The Bertz CT molecular complexity index is 694. The molecule has 0 unspecified atom stereocenters. The third kappa shape index (κ3) is 2.85. The highest BCUT2D eigenvalue weighted by atomic mass is 32.2. The molecule has 0 spiro atoms. The van der Waals surface area contributed by atoms with Gasteiger partial charge in [-0.3, -0.25) is 0 Å². The average molecular weight is 294 g/mol. The molecule has 20 heavy (non-hydrogen) atoms. The summed E-state index contributed by atoms with van der Waals surface area (Å²) in [5.41, 5.74) is 0. The van der Waals surface area contributed by atoms with Gasteiger partial charge in [-0.05, 0) is 24.3 Å². The van der Waals surface area contributed by atoms with Gasteiger partial charge in [-0.1, -0.05) is 24.3 Å². The average Bonchev–Trinajstić information content (AvgIpc) is 2.47. The van der Waals surface area contributed by atoms with E-state index in [0.29, 0.717) is 5.75 Å². The predicted octanol–water partition coefficient (Wildman–Crippen LogP) is 2.47. The first-order valence-electron chi connectivity index (χ1n) is 5.79. The SMILES string of the molecule is COc1ccccc1OS(=O)(=O)c1ccccc1OC. The van der Waals surface area contributed by atoms with E-state index in [1.807, 2.05) is 0 Å². The molecule has 0 radical (unpaired) electrons. The second-order valence-corrected chi connectivity index (χ2v) is 5.35. The molecule has 0 bridgehead atoms. The van der Waals surface area contributed by atoms with Crippen molar-refractivity contribution in [3.63, 3.8) is 0 Å². The normalized spacial score (nSPS) is 10.9. The Morgan fingerprint density at radius 2 is 1.25 bits per heavy atom. The summed E-state index contributed by atoms with van der Waals surface area (Å²) in [5.74, 6) is 0.689. The Morgan fingerprint density at radius 1 is 0.750 bits per heavy atom. The lowest BCUT2D eigenvalue weighted by atomic mass is 10.3. The maximum absolute atomic E-state index is 12.3. The fourth-order valence-electron chi connectivity index (χ4n) is 1.68. The lowest BCUT2D eigenvalue weighted by Gasteiger charge is -2.12. The fourth-order valence-corrected chi connectivity index (χ4v) is 2.78. The number of ether oxygens (including phenoxy) is 2. The minimum absolute atomic E-state index is 0.0339. The van der Waals surface area contributed by atoms with Gasteiger partial charge in [0.2, 0.25) is 0 Å². The molecule has 0 saturated carbocycles. The molecule has 0 fully saturated rings. The van der Waals surface area contributed by atoms with Crippen LogP contribution in [0.3, 0.4) is 0 Å². The smallest absolute Gasteiger partial charge is 0.343 e. The molecule has 5 nitrogen and oxygen atoms in total. The highest BCUT2D eigenvalue weighted by Gasteiger charge is 2.22. The Hall–Kier alpha value is -2.21. The van der Waals surface area contributed by atoms with Gasteiger partial charge in [0, 0.05) is 0 Å². The number of hydrogen-bond donors (Lipinski definition) is 0. The molecule has 0 N–H and O–H groups in total. The Balaban J connectivity index is 2.41. The van der Waals surface area contributed by atoms with Crippen LogP contribution >= 0.6 is 0 Å². The summed E-state index contributed by atoms with van der Waals surface area (Å²) in [6, 6.07) is 12.8. The van der Waals surface area contributed by atoms with E-state index in [2.05, 4.69) is 0 Å². The van der Waals surface area contributed by atoms with Crippen molar-refractivity contribution < 1.29 is 22.1 Å². The zero-order valence-corrected chi connectivity index (χ0v) is 11.9. The standard InChI is InChI=1S/C14H14O5S/c1-17-11-7-3-4-8-12(11)19-20(15,16)14-10-6-5-9-13(14)18-2/h3-10H,1-2H3. The predicted molar refractivity (Wildman–Crippen MR) is 73.8 cm³/mol. The van der Waals surface area contributed by atoms with Crippen molar-refractivity contribution >= 4 is 10.1 Å². The summed E-state index contributed by atoms with van der Waals surface area (Å²) in [4.78, 5) is -0.0339. The van der Waals surface area contributed by atoms with E-state index in [-0.39, 0.29) is 16.4 Å². The molecule has 0 amide bonds. The zero-order valence-electron chi connectivity index (χ0n) is 11.1. The number of benzene rings is 2. The molecule has 0 aliphatic rings. The number of hydrogen-bond acceptors (Lipinski definition) is 5. The van der Waals surface area contributed by atoms with Crippen molar-refractivity contribution in [2.45, 2.75) is 4.90 Å². The monoisotopic (exact) mass is 294 g/mol. The van der Waals surface area contributed by atoms with Crippen molar-refractivity contribution in [3.05, 3.63) is 48.5 Å². The van der Waals surface area contributed by atoms with Gasteiger partial charge in [0.25, 0.3) is 0 Å². The van der Waals surface area contributed by atoms with Crippen LogP contribution in [0, 0.1) is 0 Å². The molecule has 0 aliphatic carbocycles. The van der Waals surface area contributed by atoms with Gasteiger partial charge in [-0.2, -0.15) is 8.42 Å². The molecule has 6 heteroatoms. The highest BCUT2D eigenvalue weighted by molar-refractivity contribution is 7.87. The van der Waals surface area contributed by atoms with E-state index in [0.717, 1.165) is 0 Å². The number of methoxy groups -OCH3 is 2. The summed E-state index contributed by atoms with van der Waals surface area (Å²) in [5, 5.41) is 0. The van der Waals surface area contributed by atoms with Gasteiger partial charge in [0.05, 0.1) is 14.2 Å². The second-order valence-electron chi connectivity index (χ2n) is 3.84. The summed E-state index contributed by atoms with van der Waals surface area (Å²) in [6.07, 6.45) is 0. The van der Waals surface area contributed by atoms with Crippen molar-refractivity contribution in [1.29, 1.82) is 0 Å². The van der Waals surface area contributed by atoms with Gasteiger partial charge in [0.1, 0.15) is 10.6 Å². The van der Waals surface area contributed by atoms with Crippen molar-refractivity contribution in [3.8, 4) is 17.2 Å². The van der Waals surface area contributed by atoms with E-state index in [4.69, 9.17) is 13.7 Å². The maximum atomic E-state index is 12.3. The Kier molecular flexibility index (Phi) is 4.14. The summed E-state index contributed by atoms with van der Waals surface area (Å²) >= 11 is 0. The van der Waals surface area contributed by atoms with Gasteiger partial charge in [-0.15, -0.1) is 0 Å². The quantitative estimate of drug-likeness (QED) is 0.793. The van der Waals surface area contributed by atoms with Crippen molar-refractivity contribution in [1.82, 2.24) is 0 Å². The second kappa shape index (κ2) is 5.83. The minimum atomic E-state index is -3.99. The molecule has 0 aliphatic heterocycles. The lowest BCUT2D eigenvalue weighted by molar-refractivity contribution is 0.384. The van der Waals surface area contributed by atoms with Crippen LogP contribution in [-0.4, -0.2) is 22.6 Å². The number of para-hydroxylation sites is 3. The van der Waals surface area contributed by atoms with Crippen molar-refractivity contribution in [2.75, 3.05) is 14.2 Å². The van der Waals surface area contributed by atoms with E-state index >= 15 is 0 Å². The van der Waals surface area contributed by atoms with Crippen LogP contribution < -0.4 is 13.7 Å². The lowest BCUT2D eigenvalue weighted by Crippen LogP contribution is -2.11. The largest absolute Gasteiger partial charge is 0.495 e. The van der Waals surface area contributed by atoms with Crippen LogP contribution in [0.25, 0.3) is 0 Å². The minimum Gasteiger partial charge on any atom is -0.495 e. The molecule has 106 valence electrons. The van der Waals surface area contributed by atoms with Crippen LogP contribution in [-0.2, 0) is 10.1 Å². The topological polar surface area (TPSA) is 61.8 Å². The molecule has 0 saturated heterocycles. The molecule has 0 heterocycles. The maximum Gasteiger partial charge on any atom is 0.343 e. The molecule has 2 aromatic carbocycles. The Morgan fingerprint density at radius 3 is 1.85 bits per heavy atom. The van der Waals surface area contributed by atoms with E-state index in [1.54, 1.807) is 36.4 Å². The highest BCUT2D eigenvalue weighted by Crippen LogP contribution is 2.31. The Labute approximate surface area is 117 Å². The number of rotatable bonds is 5. The third-order valence-electron chi connectivity index (χ3n) is 2.61. The zero-order chi connectivity index (χ0) is 14.6. The first-order valence-corrected chi connectivity index (χ1v) is 7.20. The molecule has 2 rings (SSSR count). The first-order chi connectivity index (χ1) is 9.58. The van der Waals surface area contributed by atoms with E-state index in [9.17, 15) is 8.42 Å². The summed E-state index contributed by atoms with van der Waals surface area (Å²) < 4.78 is 39.8. The molecule has 0 aromatic heterocycles. The van der Waals surface area contributed by atoms with Crippen molar-refractivity contribution in [2.24, 2.45) is 0 Å². The van der Waals surface area contributed by atoms with Crippen LogP contribution in [0.5, 0.6) is 17.2 Å².